The number of halogens is 1. The van der Waals surface area contributed by atoms with Crippen LogP contribution in [0.4, 0.5) is 5.69 Å². The van der Waals surface area contributed by atoms with E-state index in [2.05, 4.69) is 31.6 Å². The average molecular weight is 354 g/mol. The van der Waals surface area contributed by atoms with Crippen molar-refractivity contribution in [3.63, 3.8) is 0 Å². The highest BCUT2D eigenvalue weighted by atomic mass is 79.9. The van der Waals surface area contributed by atoms with Crippen LogP contribution in [-0.4, -0.2) is 38.5 Å². The zero-order valence-corrected chi connectivity index (χ0v) is 12.4. The first-order chi connectivity index (χ1) is 9.99. The zero-order chi connectivity index (χ0) is 15.4. The van der Waals surface area contributed by atoms with Gasteiger partial charge in [0.05, 0.1) is 18.3 Å². The van der Waals surface area contributed by atoms with E-state index in [-0.39, 0.29) is 11.3 Å². The molecule has 0 aliphatic carbocycles. The number of nitrogens with two attached hydrogens (primary N) is 1. The van der Waals surface area contributed by atoms with E-state index in [0.717, 1.165) is 0 Å². The van der Waals surface area contributed by atoms with Gasteiger partial charge in [-0.15, -0.1) is 5.10 Å². The van der Waals surface area contributed by atoms with Gasteiger partial charge in [-0.2, -0.15) is 0 Å². The van der Waals surface area contributed by atoms with Crippen LogP contribution in [0.25, 0.3) is 0 Å². The molecule has 0 bridgehead atoms. The smallest absolute Gasteiger partial charge is 0.335 e. The SMILES string of the molecule is NCCn1cc(C(=O)Nc2cc(Br)cc(C(=O)O)c2)nn1. The molecule has 0 atom stereocenters. The van der Waals surface area contributed by atoms with E-state index in [1.807, 2.05) is 0 Å². The highest BCUT2D eigenvalue weighted by Gasteiger charge is 2.13. The molecule has 0 aliphatic heterocycles. The Balaban J connectivity index is 2.16. The summed E-state index contributed by atoms with van der Waals surface area (Å²) in [7, 11) is 0. The average Bonchev–Trinajstić information content (AvgIpc) is 2.87. The third kappa shape index (κ3) is 3.86. The van der Waals surface area contributed by atoms with Gasteiger partial charge >= 0.3 is 5.97 Å². The first kappa shape index (κ1) is 15.1. The number of hydrogen-bond donors (Lipinski definition) is 3. The second kappa shape index (κ2) is 6.46. The van der Waals surface area contributed by atoms with Gasteiger partial charge < -0.3 is 16.2 Å². The van der Waals surface area contributed by atoms with Gasteiger partial charge in [0.25, 0.3) is 5.91 Å². The van der Waals surface area contributed by atoms with E-state index >= 15 is 0 Å². The van der Waals surface area contributed by atoms with E-state index in [1.165, 1.54) is 23.0 Å². The molecule has 2 rings (SSSR count). The number of carboxylic acid groups (broad SMARTS) is 1. The molecule has 21 heavy (non-hydrogen) atoms. The summed E-state index contributed by atoms with van der Waals surface area (Å²) in [6.07, 6.45) is 1.47. The van der Waals surface area contributed by atoms with Crippen molar-refractivity contribution in [2.24, 2.45) is 5.73 Å². The molecule has 0 saturated carbocycles. The van der Waals surface area contributed by atoms with Crippen LogP contribution in [0.5, 0.6) is 0 Å². The molecule has 0 spiro atoms. The number of benzene rings is 1. The van der Waals surface area contributed by atoms with E-state index in [0.29, 0.717) is 23.2 Å². The van der Waals surface area contributed by atoms with Gasteiger partial charge in [0.1, 0.15) is 0 Å². The van der Waals surface area contributed by atoms with Gasteiger partial charge in [-0.1, -0.05) is 21.1 Å². The monoisotopic (exact) mass is 353 g/mol. The Morgan fingerprint density at radius 2 is 2.14 bits per heavy atom. The lowest BCUT2D eigenvalue weighted by molar-refractivity contribution is 0.0696. The van der Waals surface area contributed by atoms with Gasteiger partial charge in [-0.05, 0) is 18.2 Å². The Bertz CT molecular complexity index is 685. The lowest BCUT2D eigenvalue weighted by atomic mass is 10.2. The van der Waals surface area contributed by atoms with Crippen LogP contribution >= 0.6 is 15.9 Å². The molecule has 1 aromatic heterocycles. The molecule has 1 aromatic carbocycles. The van der Waals surface area contributed by atoms with Gasteiger partial charge in [0, 0.05) is 16.7 Å². The van der Waals surface area contributed by atoms with E-state index in [1.54, 1.807) is 6.07 Å². The maximum atomic E-state index is 12.0. The largest absolute Gasteiger partial charge is 0.478 e. The second-order valence-electron chi connectivity index (χ2n) is 4.14. The van der Waals surface area contributed by atoms with Crippen LogP contribution in [0.2, 0.25) is 0 Å². The molecule has 0 radical (unpaired) electrons. The minimum atomic E-state index is -1.08. The molecular weight excluding hydrogens is 342 g/mol. The number of rotatable bonds is 5. The molecule has 9 heteroatoms. The van der Waals surface area contributed by atoms with Crippen molar-refractivity contribution < 1.29 is 14.7 Å². The van der Waals surface area contributed by atoms with E-state index in [4.69, 9.17) is 10.8 Å². The molecule has 0 unspecified atom stereocenters. The van der Waals surface area contributed by atoms with Gasteiger partial charge in [-0.25, -0.2) is 4.79 Å². The number of carbonyl (C=O) groups excluding carboxylic acids is 1. The van der Waals surface area contributed by atoms with Crippen molar-refractivity contribution in [3.05, 3.63) is 40.1 Å². The molecular formula is C12H12BrN5O3. The maximum Gasteiger partial charge on any atom is 0.335 e. The number of aromatic carboxylic acids is 1. The molecule has 4 N–H and O–H groups in total. The summed E-state index contributed by atoms with van der Waals surface area (Å²) in [6.45, 7) is 0.846. The standard InChI is InChI=1S/C12H12BrN5O3/c13-8-3-7(12(20)21)4-9(5-8)15-11(19)10-6-18(2-1-14)17-16-10/h3-6H,1-2,14H2,(H,15,19)(H,20,21). The first-order valence-electron chi connectivity index (χ1n) is 5.95. The van der Waals surface area contributed by atoms with Crippen molar-refractivity contribution in [1.82, 2.24) is 15.0 Å². The number of amides is 1. The number of carbonyl (C=O) groups is 2. The fourth-order valence-corrected chi connectivity index (χ4v) is 2.12. The highest BCUT2D eigenvalue weighted by Crippen LogP contribution is 2.20. The summed E-state index contributed by atoms with van der Waals surface area (Å²) in [5.74, 6) is -1.56. The minimum absolute atomic E-state index is 0.0615. The normalized spacial score (nSPS) is 10.4. The summed E-state index contributed by atoms with van der Waals surface area (Å²) in [6, 6.07) is 4.39. The summed E-state index contributed by atoms with van der Waals surface area (Å²) in [5, 5.41) is 19.0. The molecule has 0 aliphatic rings. The van der Waals surface area contributed by atoms with Gasteiger partial charge in [0.15, 0.2) is 5.69 Å². The van der Waals surface area contributed by atoms with Crippen LogP contribution in [0.1, 0.15) is 20.8 Å². The predicted molar refractivity (Wildman–Crippen MR) is 78.1 cm³/mol. The van der Waals surface area contributed by atoms with Gasteiger partial charge in [-0.3, -0.25) is 9.48 Å². The zero-order valence-electron chi connectivity index (χ0n) is 10.8. The molecule has 0 fully saturated rings. The fraction of sp³-hybridized carbons (Fsp3) is 0.167. The second-order valence-corrected chi connectivity index (χ2v) is 5.06. The number of carboxylic acids is 1. The van der Waals surface area contributed by atoms with Crippen molar-refractivity contribution in [2.75, 3.05) is 11.9 Å². The molecule has 2 aromatic rings. The Hall–Kier alpha value is -2.26. The summed E-state index contributed by atoms with van der Waals surface area (Å²) in [4.78, 5) is 23.0. The van der Waals surface area contributed by atoms with Crippen molar-refractivity contribution in [2.45, 2.75) is 6.54 Å². The third-order valence-corrected chi connectivity index (χ3v) is 2.99. The summed E-state index contributed by atoms with van der Waals surface area (Å²) < 4.78 is 2.00. The Morgan fingerprint density at radius 1 is 1.38 bits per heavy atom. The van der Waals surface area contributed by atoms with Crippen LogP contribution < -0.4 is 11.1 Å². The quantitative estimate of drug-likeness (QED) is 0.735. The first-order valence-corrected chi connectivity index (χ1v) is 6.74. The van der Waals surface area contributed by atoms with E-state index < -0.39 is 11.9 Å². The number of nitrogens with zero attached hydrogens (tertiary/aromatic N) is 3. The minimum Gasteiger partial charge on any atom is -0.478 e. The predicted octanol–water partition coefficient (Wildman–Crippen LogP) is 0.950. The number of anilines is 1. The Morgan fingerprint density at radius 3 is 2.81 bits per heavy atom. The van der Waals surface area contributed by atoms with Gasteiger partial charge in [0.2, 0.25) is 0 Å². The maximum absolute atomic E-state index is 12.0. The Kier molecular flexibility index (Phi) is 4.66. The third-order valence-electron chi connectivity index (χ3n) is 2.53. The lowest BCUT2D eigenvalue weighted by Crippen LogP contribution is -2.13. The molecule has 1 heterocycles. The van der Waals surface area contributed by atoms with Crippen molar-refractivity contribution >= 4 is 33.5 Å². The highest BCUT2D eigenvalue weighted by molar-refractivity contribution is 9.10. The van der Waals surface area contributed by atoms with Crippen molar-refractivity contribution in [3.8, 4) is 0 Å². The fourth-order valence-electron chi connectivity index (χ4n) is 1.62. The number of aromatic nitrogens is 3. The number of hydrogen-bond acceptors (Lipinski definition) is 5. The van der Waals surface area contributed by atoms with Crippen LogP contribution in [0.3, 0.4) is 0 Å². The van der Waals surface area contributed by atoms with Crippen LogP contribution in [0.15, 0.2) is 28.9 Å². The Labute approximate surface area is 128 Å². The lowest BCUT2D eigenvalue weighted by Gasteiger charge is -2.05. The van der Waals surface area contributed by atoms with Crippen LogP contribution in [-0.2, 0) is 6.54 Å². The van der Waals surface area contributed by atoms with E-state index in [9.17, 15) is 9.59 Å². The summed E-state index contributed by atoms with van der Waals surface area (Å²) >= 11 is 3.19. The molecule has 8 nitrogen and oxygen atoms in total. The van der Waals surface area contributed by atoms with Crippen molar-refractivity contribution in [1.29, 1.82) is 0 Å². The number of nitrogens with one attached hydrogen (secondary N) is 1. The molecule has 1 amide bonds. The molecule has 0 saturated heterocycles. The summed E-state index contributed by atoms with van der Waals surface area (Å²) in [5.41, 5.74) is 5.92. The van der Waals surface area contributed by atoms with Crippen LogP contribution in [0, 0.1) is 0 Å². The molecule has 110 valence electrons. The topological polar surface area (TPSA) is 123 Å².